The predicted molar refractivity (Wildman–Crippen MR) is 110 cm³/mol. The van der Waals surface area contributed by atoms with Crippen molar-refractivity contribution in [2.24, 2.45) is 34.0 Å². The number of carbonyl (C=O) groups excluding carboxylic acids is 2. The van der Waals surface area contributed by atoms with Gasteiger partial charge in [0, 0.05) is 30.3 Å². The van der Waals surface area contributed by atoms with E-state index in [9.17, 15) is 9.59 Å². The van der Waals surface area contributed by atoms with Gasteiger partial charge in [0.2, 0.25) is 0 Å². The molecule has 0 N–H and O–H groups in total. The fourth-order valence-corrected chi connectivity index (χ4v) is 7.21. The van der Waals surface area contributed by atoms with Gasteiger partial charge in [-0.3, -0.25) is 9.59 Å². The third kappa shape index (κ3) is 2.89. The normalized spacial score (nSPS) is 48.4. The summed E-state index contributed by atoms with van der Waals surface area (Å²) < 4.78 is 12.1. The Hall–Kier alpha value is -0.870. The number of methoxy groups -OCH3 is 1. The molecule has 0 aromatic heterocycles. The van der Waals surface area contributed by atoms with Crippen LogP contribution in [0.2, 0.25) is 0 Å². The van der Waals surface area contributed by atoms with Gasteiger partial charge < -0.3 is 9.47 Å². The quantitative estimate of drug-likeness (QED) is 0.380. The molecule has 0 saturated heterocycles. The van der Waals surface area contributed by atoms with E-state index in [-0.39, 0.29) is 40.6 Å². The number of hydrogen-bond acceptors (Lipinski definition) is 4. The molecule has 4 nitrogen and oxygen atoms in total. The van der Waals surface area contributed by atoms with Gasteiger partial charge in [0.15, 0.2) is 0 Å². The number of carbonyl (C=O) groups is 2. The first-order valence-electron chi connectivity index (χ1n) is 10.5. The molecule has 3 aliphatic carbocycles. The van der Waals surface area contributed by atoms with Gasteiger partial charge in [-0.1, -0.05) is 33.8 Å². The maximum atomic E-state index is 13.3. The summed E-state index contributed by atoms with van der Waals surface area (Å²) in [5.41, 5.74) is -0.895. The summed E-state index contributed by atoms with van der Waals surface area (Å²) in [7, 11) is 1.75. The van der Waals surface area contributed by atoms with Crippen molar-refractivity contribution < 1.29 is 19.1 Å². The highest BCUT2D eigenvalue weighted by Crippen LogP contribution is 2.68. The molecule has 0 aromatic carbocycles. The van der Waals surface area contributed by atoms with Crippen LogP contribution in [-0.2, 0) is 19.1 Å². The van der Waals surface area contributed by atoms with E-state index < -0.39 is 17.5 Å². The van der Waals surface area contributed by atoms with Crippen molar-refractivity contribution in [3.63, 3.8) is 0 Å². The zero-order chi connectivity index (χ0) is 20.9. The molecular formula is C23H35ClO4. The number of ketones is 1. The summed E-state index contributed by atoms with van der Waals surface area (Å²) in [5.74, 6) is 0.105. The maximum Gasteiger partial charge on any atom is 0.321 e. The maximum absolute atomic E-state index is 13.3. The van der Waals surface area contributed by atoms with E-state index in [1.165, 1.54) is 0 Å². The molecule has 0 radical (unpaired) electrons. The number of esters is 1. The standard InChI is InChI=1S/C23H35ClO4/c1-7-21(4)12-17(28-18(26)13-24)22(5)14(2)8-10-23(15(3)20(21)27-6)11-9-16(25)19(22)23/h7,14-15,17,19-20H,1,8-13H2,2-6H3/t14-,15+,17-,19+,20+,21+,22+,23+/m1/s1. The second-order valence-corrected chi connectivity index (χ2v) is 10.2. The van der Waals surface area contributed by atoms with E-state index in [1.807, 2.05) is 6.08 Å². The number of alkyl halides is 1. The molecule has 8 atom stereocenters. The van der Waals surface area contributed by atoms with E-state index in [1.54, 1.807) is 7.11 Å². The van der Waals surface area contributed by atoms with Gasteiger partial charge in [0.05, 0.1) is 6.10 Å². The number of hydrogen-bond donors (Lipinski definition) is 0. The van der Waals surface area contributed by atoms with Crippen LogP contribution in [0.1, 0.15) is 59.8 Å². The Morgan fingerprint density at radius 2 is 2.00 bits per heavy atom. The lowest BCUT2D eigenvalue weighted by molar-refractivity contribution is -0.208. The van der Waals surface area contributed by atoms with Crippen molar-refractivity contribution in [1.29, 1.82) is 0 Å². The lowest BCUT2D eigenvalue weighted by Crippen LogP contribution is -2.63. The summed E-state index contributed by atoms with van der Waals surface area (Å²) in [6.45, 7) is 12.9. The Labute approximate surface area is 174 Å². The van der Waals surface area contributed by atoms with Gasteiger partial charge in [-0.05, 0) is 42.9 Å². The molecule has 28 heavy (non-hydrogen) atoms. The van der Waals surface area contributed by atoms with Crippen LogP contribution in [0.15, 0.2) is 12.7 Å². The topological polar surface area (TPSA) is 52.6 Å². The minimum Gasteiger partial charge on any atom is -0.461 e. The first-order valence-corrected chi connectivity index (χ1v) is 11.1. The highest BCUT2D eigenvalue weighted by molar-refractivity contribution is 6.26. The zero-order valence-corrected chi connectivity index (χ0v) is 18.7. The molecule has 0 aliphatic heterocycles. The second kappa shape index (κ2) is 7.43. The Morgan fingerprint density at radius 1 is 1.32 bits per heavy atom. The van der Waals surface area contributed by atoms with Gasteiger partial charge in [-0.25, -0.2) is 0 Å². The van der Waals surface area contributed by atoms with E-state index in [2.05, 4.69) is 34.3 Å². The van der Waals surface area contributed by atoms with Crippen molar-refractivity contribution >= 4 is 23.4 Å². The molecule has 5 heteroatoms. The Bertz CT molecular complexity index is 663. The molecule has 2 bridgehead atoms. The largest absolute Gasteiger partial charge is 0.461 e. The van der Waals surface area contributed by atoms with Crippen molar-refractivity contribution in [1.82, 2.24) is 0 Å². The Balaban J connectivity index is 2.23. The molecule has 158 valence electrons. The van der Waals surface area contributed by atoms with E-state index >= 15 is 0 Å². The van der Waals surface area contributed by atoms with E-state index in [4.69, 9.17) is 21.1 Å². The van der Waals surface area contributed by atoms with Crippen LogP contribution in [0.3, 0.4) is 0 Å². The number of halogens is 1. The van der Waals surface area contributed by atoms with Gasteiger partial charge in [0.25, 0.3) is 0 Å². The first-order chi connectivity index (χ1) is 13.1. The predicted octanol–water partition coefficient (Wildman–Crippen LogP) is 4.79. The fraction of sp³-hybridized carbons (Fsp3) is 0.826. The van der Waals surface area contributed by atoms with Crippen LogP contribution in [-0.4, -0.2) is 37.0 Å². The molecule has 0 unspecified atom stereocenters. The molecule has 0 spiro atoms. The first kappa shape index (κ1) is 21.8. The fourth-order valence-electron chi connectivity index (χ4n) is 7.14. The number of rotatable bonds is 4. The lowest BCUT2D eigenvalue weighted by Gasteiger charge is -2.62. The number of Topliss-reactive ketones (excluding diaryl/α,β-unsaturated/α-hetero) is 1. The van der Waals surface area contributed by atoms with Gasteiger partial charge in [0.1, 0.15) is 17.8 Å². The van der Waals surface area contributed by atoms with Gasteiger partial charge in [-0.2, -0.15) is 0 Å². The molecule has 3 aliphatic rings. The van der Waals surface area contributed by atoms with Crippen LogP contribution in [0.25, 0.3) is 0 Å². The third-order valence-electron chi connectivity index (χ3n) is 8.89. The van der Waals surface area contributed by atoms with Crippen molar-refractivity contribution in [3.8, 4) is 0 Å². The van der Waals surface area contributed by atoms with E-state index in [0.717, 1.165) is 19.3 Å². The van der Waals surface area contributed by atoms with Crippen LogP contribution >= 0.6 is 11.6 Å². The second-order valence-electron chi connectivity index (χ2n) is 9.91. The van der Waals surface area contributed by atoms with Crippen LogP contribution < -0.4 is 0 Å². The summed E-state index contributed by atoms with van der Waals surface area (Å²) in [6.07, 6.45) is 5.60. The van der Waals surface area contributed by atoms with Crippen LogP contribution in [0.4, 0.5) is 0 Å². The SMILES string of the molecule is C=C[C@@]1(C)C[C@@H](OC(=O)CCl)[C@]2(C)[C@H](C)CC[C@]3(CCC(=O)[C@H]32)[C@@H](C)[C@@H]1OC. The summed E-state index contributed by atoms with van der Waals surface area (Å²) >= 11 is 5.80. The minimum atomic E-state index is -0.421. The summed E-state index contributed by atoms with van der Waals surface area (Å²) in [5, 5.41) is 0. The average molecular weight is 411 g/mol. The monoisotopic (exact) mass is 410 g/mol. The molecule has 3 saturated carbocycles. The highest BCUT2D eigenvalue weighted by atomic mass is 35.5. The number of ether oxygens (including phenoxy) is 2. The van der Waals surface area contributed by atoms with E-state index in [0.29, 0.717) is 18.6 Å². The average Bonchev–Trinajstić information content (AvgIpc) is 3.02. The smallest absolute Gasteiger partial charge is 0.321 e. The van der Waals surface area contributed by atoms with Gasteiger partial charge >= 0.3 is 5.97 Å². The Kier molecular flexibility index (Phi) is 5.79. The van der Waals surface area contributed by atoms with Crippen molar-refractivity contribution in [3.05, 3.63) is 12.7 Å². The summed E-state index contributed by atoms with van der Waals surface area (Å²) in [6, 6.07) is 0. The summed E-state index contributed by atoms with van der Waals surface area (Å²) in [4.78, 5) is 25.6. The van der Waals surface area contributed by atoms with Crippen LogP contribution in [0.5, 0.6) is 0 Å². The molecule has 3 rings (SSSR count). The lowest BCUT2D eigenvalue weighted by atomic mass is 9.44. The molecule has 0 amide bonds. The molecular weight excluding hydrogens is 376 g/mol. The zero-order valence-electron chi connectivity index (χ0n) is 17.9. The Morgan fingerprint density at radius 3 is 2.57 bits per heavy atom. The minimum absolute atomic E-state index is 0.0893. The van der Waals surface area contributed by atoms with Crippen LogP contribution in [0, 0.1) is 34.0 Å². The third-order valence-corrected chi connectivity index (χ3v) is 9.11. The molecule has 0 aromatic rings. The molecule has 0 heterocycles. The van der Waals surface area contributed by atoms with Crippen molar-refractivity contribution in [2.75, 3.05) is 13.0 Å². The highest BCUT2D eigenvalue weighted by Gasteiger charge is 2.68. The molecule has 3 fully saturated rings. The van der Waals surface area contributed by atoms with Crippen molar-refractivity contribution in [2.45, 2.75) is 72.0 Å². The van der Waals surface area contributed by atoms with Gasteiger partial charge in [-0.15, -0.1) is 18.2 Å².